The largest absolute Gasteiger partial charge is 0.453 e. The molecule has 0 bridgehead atoms. The highest BCUT2D eigenvalue weighted by molar-refractivity contribution is 6.34. The molecule has 0 unspecified atom stereocenters. The van der Waals surface area contributed by atoms with Gasteiger partial charge in [0.1, 0.15) is 11.5 Å². The zero-order chi connectivity index (χ0) is 12.7. The predicted molar refractivity (Wildman–Crippen MR) is 69.8 cm³/mol. The van der Waals surface area contributed by atoms with E-state index in [-0.39, 0.29) is 5.56 Å². The number of aryl methyl sites for hydroxylation is 1. The van der Waals surface area contributed by atoms with E-state index in [1.807, 2.05) is 18.2 Å². The summed E-state index contributed by atoms with van der Waals surface area (Å²) >= 11 is 6.04. The average Bonchev–Trinajstić information content (AvgIpc) is 2.73. The summed E-state index contributed by atoms with van der Waals surface area (Å²) in [4.78, 5) is 18.2. The summed E-state index contributed by atoms with van der Waals surface area (Å²) in [6.07, 6.45) is 0. The number of fused-ring (bicyclic) bond motifs is 1. The monoisotopic (exact) mass is 260 g/mol. The fourth-order valence-electron chi connectivity index (χ4n) is 1.86. The number of nitrogens with zero attached hydrogens (tertiary/aromatic N) is 1. The standard InChI is InChI=1S/C13H9ClN2O2/c1-7-15-10(6-12(17)16-7)11-5-8-3-2-4-9(14)13(8)18-11/h2-6H,1H3,(H,15,16,17). The van der Waals surface area contributed by atoms with Crippen LogP contribution in [0.25, 0.3) is 22.4 Å². The van der Waals surface area contributed by atoms with E-state index in [0.717, 1.165) is 5.39 Å². The topological polar surface area (TPSA) is 58.9 Å². The first-order chi connectivity index (χ1) is 8.63. The van der Waals surface area contributed by atoms with Gasteiger partial charge in [-0.1, -0.05) is 23.7 Å². The van der Waals surface area contributed by atoms with Crippen LogP contribution in [0.2, 0.25) is 5.02 Å². The van der Waals surface area contributed by atoms with Crippen LogP contribution in [0.1, 0.15) is 5.82 Å². The second-order valence-electron chi connectivity index (χ2n) is 3.98. The number of aromatic nitrogens is 2. The zero-order valence-corrected chi connectivity index (χ0v) is 10.3. The van der Waals surface area contributed by atoms with E-state index in [1.54, 1.807) is 13.0 Å². The number of halogens is 1. The van der Waals surface area contributed by atoms with Crippen molar-refractivity contribution in [3.63, 3.8) is 0 Å². The Balaban J connectivity index is 2.25. The Labute approximate surface area is 107 Å². The van der Waals surface area contributed by atoms with E-state index in [1.165, 1.54) is 6.07 Å². The summed E-state index contributed by atoms with van der Waals surface area (Å²) in [6.45, 7) is 1.72. The number of nitrogens with one attached hydrogen (secondary N) is 1. The predicted octanol–water partition coefficient (Wildman–Crippen LogP) is 3.14. The molecule has 5 heteroatoms. The van der Waals surface area contributed by atoms with Gasteiger partial charge in [-0.2, -0.15) is 0 Å². The van der Waals surface area contributed by atoms with Crippen LogP contribution < -0.4 is 5.56 Å². The van der Waals surface area contributed by atoms with Gasteiger partial charge in [0.25, 0.3) is 5.56 Å². The zero-order valence-electron chi connectivity index (χ0n) is 9.53. The second kappa shape index (κ2) is 3.99. The Hall–Kier alpha value is -2.07. The normalized spacial score (nSPS) is 11.0. The van der Waals surface area contributed by atoms with Gasteiger partial charge in [0, 0.05) is 11.5 Å². The molecule has 0 spiro atoms. The van der Waals surface area contributed by atoms with Crippen LogP contribution in [0.5, 0.6) is 0 Å². The third-order valence-corrected chi connectivity index (χ3v) is 2.91. The number of para-hydroxylation sites is 1. The van der Waals surface area contributed by atoms with Crippen LogP contribution in [-0.2, 0) is 0 Å². The van der Waals surface area contributed by atoms with Crippen LogP contribution in [0.4, 0.5) is 0 Å². The van der Waals surface area contributed by atoms with Crippen LogP contribution in [-0.4, -0.2) is 9.97 Å². The first kappa shape index (κ1) is 11.0. The van der Waals surface area contributed by atoms with E-state index in [9.17, 15) is 4.79 Å². The van der Waals surface area contributed by atoms with Crippen molar-refractivity contribution in [1.82, 2.24) is 9.97 Å². The second-order valence-corrected chi connectivity index (χ2v) is 4.39. The van der Waals surface area contributed by atoms with Gasteiger partial charge in [0.2, 0.25) is 0 Å². The maximum absolute atomic E-state index is 11.4. The van der Waals surface area contributed by atoms with E-state index in [0.29, 0.717) is 27.9 Å². The van der Waals surface area contributed by atoms with Gasteiger partial charge in [-0.3, -0.25) is 4.79 Å². The SMILES string of the molecule is Cc1nc(-c2cc3cccc(Cl)c3o2)cc(=O)[nH]1. The molecule has 3 aromatic rings. The van der Waals surface area contributed by atoms with Gasteiger partial charge >= 0.3 is 0 Å². The van der Waals surface area contributed by atoms with E-state index in [4.69, 9.17) is 16.0 Å². The molecule has 0 fully saturated rings. The molecule has 90 valence electrons. The number of benzene rings is 1. The summed E-state index contributed by atoms with van der Waals surface area (Å²) in [7, 11) is 0. The lowest BCUT2D eigenvalue weighted by Crippen LogP contribution is -2.08. The maximum Gasteiger partial charge on any atom is 0.251 e. The number of furan rings is 1. The molecule has 0 amide bonds. The van der Waals surface area contributed by atoms with Crippen molar-refractivity contribution in [3.8, 4) is 11.5 Å². The first-order valence-corrected chi connectivity index (χ1v) is 5.78. The van der Waals surface area contributed by atoms with Crippen molar-refractivity contribution in [2.75, 3.05) is 0 Å². The lowest BCUT2D eigenvalue weighted by molar-refractivity contribution is 0.628. The Kier molecular flexibility index (Phi) is 2.45. The highest BCUT2D eigenvalue weighted by Crippen LogP contribution is 2.30. The van der Waals surface area contributed by atoms with Crippen LogP contribution in [0.15, 0.2) is 39.5 Å². The quantitative estimate of drug-likeness (QED) is 0.731. The lowest BCUT2D eigenvalue weighted by Gasteiger charge is -1.96. The van der Waals surface area contributed by atoms with Crippen LogP contribution in [0.3, 0.4) is 0 Å². The van der Waals surface area contributed by atoms with Gasteiger partial charge in [-0.25, -0.2) is 4.98 Å². The molecule has 0 aliphatic heterocycles. The van der Waals surface area contributed by atoms with E-state index >= 15 is 0 Å². The molecule has 0 aliphatic rings. The third kappa shape index (κ3) is 1.80. The smallest absolute Gasteiger partial charge is 0.251 e. The van der Waals surface area contributed by atoms with Crippen molar-refractivity contribution >= 4 is 22.6 Å². The number of hydrogen-bond donors (Lipinski definition) is 1. The molecule has 4 nitrogen and oxygen atoms in total. The summed E-state index contributed by atoms with van der Waals surface area (Å²) in [6, 6.07) is 8.73. The van der Waals surface area contributed by atoms with Gasteiger partial charge in [0.05, 0.1) is 5.02 Å². The van der Waals surface area contributed by atoms with Gasteiger partial charge in [0.15, 0.2) is 11.3 Å². The maximum atomic E-state index is 11.4. The Morgan fingerprint density at radius 3 is 2.89 bits per heavy atom. The fourth-order valence-corrected chi connectivity index (χ4v) is 2.08. The number of H-pyrrole nitrogens is 1. The summed E-state index contributed by atoms with van der Waals surface area (Å²) in [5, 5.41) is 1.43. The molecule has 18 heavy (non-hydrogen) atoms. The highest BCUT2D eigenvalue weighted by atomic mass is 35.5. The van der Waals surface area contributed by atoms with Gasteiger partial charge in [-0.15, -0.1) is 0 Å². The Bertz CT molecular complexity index is 789. The summed E-state index contributed by atoms with van der Waals surface area (Å²) in [5.41, 5.74) is 0.904. The Morgan fingerprint density at radius 2 is 2.17 bits per heavy atom. The summed E-state index contributed by atoms with van der Waals surface area (Å²) in [5.74, 6) is 1.08. The van der Waals surface area contributed by atoms with Crippen molar-refractivity contribution in [3.05, 3.63) is 51.5 Å². The Morgan fingerprint density at radius 1 is 1.33 bits per heavy atom. The molecule has 0 saturated carbocycles. The fraction of sp³-hybridized carbons (Fsp3) is 0.0769. The molecule has 0 radical (unpaired) electrons. The van der Waals surface area contributed by atoms with Crippen LogP contribution >= 0.6 is 11.6 Å². The molecule has 0 aliphatic carbocycles. The van der Waals surface area contributed by atoms with Crippen molar-refractivity contribution in [1.29, 1.82) is 0 Å². The first-order valence-electron chi connectivity index (χ1n) is 5.40. The van der Waals surface area contributed by atoms with Crippen LogP contribution in [0, 0.1) is 6.92 Å². The minimum atomic E-state index is -0.205. The minimum absolute atomic E-state index is 0.205. The molecule has 1 N–H and O–H groups in total. The molecule has 2 heterocycles. The molecular weight excluding hydrogens is 252 g/mol. The van der Waals surface area contributed by atoms with Crippen molar-refractivity contribution in [2.24, 2.45) is 0 Å². The van der Waals surface area contributed by atoms with Crippen molar-refractivity contribution < 1.29 is 4.42 Å². The molecular formula is C13H9ClN2O2. The van der Waals surface area contributed by atoms with Crippen molar-refractivity contribution in [2.45, 2.75) is 6.92 Å². The highest BCUT2D eigenvalue weighted by Gasteiger charge is 2.10. The number of hydrogen-bond acceptors (Lipinski definition) is 3. The molecule has 2 aromatic heterocycles. The molecule has 1 aromatic carbocycles. The lowest BCUT2D eigenvalue weighted by atomic mass is 10.2. The molecule has 0 saturated heterocycles. The molecule has 0 atom stereocenters. The van der Waals surface area contributed by atoms with Gasteiger partial charge in [-0.05, 0) is 19.1 Å². The minimum Gasteiger partial charge on any atom is -0.453 e. The van der Waals surface area contributed by atoms with E-state index in [2.05, 4.69) is 9.97 Å². The summed E-state index contributed by atoms with van der Waals surface area (Å²) < 4.78 is 5.65. The number of aromatic amines is 1. The van der Waals surface area contributed by atoms with E-state index < -0.39 is 0 Å². The average molecular weight is 261 g/mol. The number of rotatable bonds is 1. The molecule has 3 rings (SSSR count). The van der Waals surface area contributed by atoms with Gasteiger partial charge < -0.3 is 9.40 Å². The third-order valence-electron chi connectivity index (χ3n) is 2.61.